The van der Waals surface area contributed by atoms with Gasteiger partial charge in [-0.3, -0.25) is 9.89 Å². The van der Waals surface area contributed by atoms with Crippen LogP contribution in [0.4, 0.5) is 0 Å². The number of aryl methyl sites for hydroxylation is 1. The van der Waals surface area contributed by atoms with E-state index in [1.807, 2.05) is 19.4 Å². The van der Waals surface area contributed by atoms with E-state index in [4.69, 9.17) is 0 Å². The van der Waals surface area contributed by atoms with Gasteiger partial charge in [-0.15, -0.1) is 0 Å². The summed E-state index contributed by atoms with van der Waals surface area (Å²) in [7, 11) is 1.82. The second kappa shape index (κ2) is 10.3. The summed E-state index contributed by atoms with van der Waals surface area (Å²) in [6.45, 7) is 6.12. The van der Waals surface area contributed by atoms with Gasteiger partial charge in [0, 0.05) is 33.2 Å². The Morgan fingerprint density at radius 3 is 2.57 bits per heavy atom. The van der Waals surface area contributed by atoms with Crippen LogP contribution in [0.1, 0.15) is 30.4 Å². The molecule has 2 N–H and O–H groups in total. The van der Waals surface area contributed by atoms with E-state index in [0.717, 1.165) is 44.1 Å². The molecule has 1 saturated heterocycles. The van der Waals surface area contributed by atoms with Gasteiger partial charge < -0.3 is 15.2 Å². The highest BCUT2D eigenvalue weighted by molar-refractivity contribution is 5.79. The maximum Gasteiger partial charge on any atom is 0.191 e. The molecule has 0 atom stereocenters. The summed E-state index contributed by atoms with van der Waals surface area (Å²) in [5.41, 5.74) is 4.91. The van der Waals surface area contributed by atoms with Crippen LogP contribution in [-0.4, -0.2) is 47.1 Å². The first-order valence-electron chi connectivity index (χ1n) is 11.0. The molecule has 6 heteroatoms. The highest BCUT2D eigenvalue weighted by Crippen LogP contribution is 2.14. The first-order chi connectivity index (χ1) is 14.8. The molecule has 0 bridgehead atoms. The number of fused-ring (bicyclic) bond motifs is 1. The molecular formula is C24H32N6. The van der Waals surface area contributed by atoms with Crippen molar-refractivity contribution in [3.05, 3.63) is 66.0 Å². The molecular weight excluding hydrogens is 372 g/mol. The maximum atomic E-state index is 4.45. The summed E-state index contributed by atoms with van der Waals surface area (Å²) in [6, 6.07) is 17.2. The third kappa shape index (κ3) is 5.39. The molecule has 2 heterocycles. The van der Waals surface area contributed by atoms with Crippen molar-refractivity contribution < 1.29 is 0 Å². The minimum Gasteiger partial charge on any atom is -0.356 e. The van der Waals surface area contributed by atoms with Gasteiger partial charge in [-0.1, -0.05) is 36.4 Å². The minimum absolute atomic E-state index is 0.774. The highest BCUT2D eigenvalue weighted by atomic mass is 15.2. The number of nitrogens with one attached hydrogen (secondary N) is 2. The van der Waals surface area contributed by atoms with E-state index in [9.17, 15) is 0 Å². The van der Waals surface area contributed by atoms with E-state index >= 15 is 0 Å². The molecule has 0 radical (unpaired) electrons. The van der Waals surface area contributed by atoms with E-state index < -0.39 is 0 Å². The Hall–Kier alpha value is -2.86. The molecule has 2 aromatic carbocycles. The number of imidazole rings is 1. The van der Waals surface area contributed by atoms with Gasteiger partial charge in [-0.2, -0.15) is 0 Å². The van der Waals surface area contributed by atoms with Crippen LogP contribution in [0, 0.1) is 0 Å². The second-order valence-corrected chi connectivity index (χ2v) is 7.93. The molecule has 3 aromatic rings. The lowest BCUT2D eigenvalue weighted by Crippen LogP contribution is -2.37. The molecule has 1 aliphatic heterocycles. The molecule has 158 valence electrons. The third-order valence-corrected chi connectivity index (χ3v) is 5.71. The quantitative estimate of drug-likeness (QED) is 0.343. The van der Waals surface area contributed by atoms with E-state index in [2.05, 4.69) is 72.5 Å². The average Bonchev–Trinajstić information content (AvgIpc) is 3.44. The Morgan fingerprint density at radius 1 is 1.00 bits per heavy atom. The largest absolute Gasteiger partial charge is 0.356 e. The van der Waals surface area contributed by atoms with Crippen molar-refractivity contribution in [3.63, 3.8) is 0 Å². The van der Waals surface area contributed by atoms with Crippen LogP contribution < -0.4 is 10.6 Å². The molecule has 0 amide bonds. The van der Waals surface area contributed by atoms with Crippen molar-refractivity contribution in [2.24, 2.45) is 4.99 Å². The standard InChI is InChI=1S/C24H32N6/c1-25-24(26-13-6-16-30-19-28-22-7-2-3-8-23(22)30)27-17-20-9-11-21(12-10-20)18-29-14-4-5-15-29/h2-3,7-12,19H,4-6,13-18H2,1H3,(H2,25,26,27). The molecule has 6 nitrogen and oxygen atoms in total. The Labute approximate surface area is 179 Å². The van der Waals surface area contributed by atoms with Crippen molar-refractivity contribution in [3.8, 4) is 0 Å². The van der Waals surface area contributed by atoms with Crippen molar-refractivity contribution in [2.75, 3.05) is 26.7 Å². The maximum absolute atomic E-state index is 4.45. The van der Waals surface area contributed by atoms with Gasteiger partial charge in [-0.05, 0) is 55.6 Å². The first kappa shape index (κ1) is 20.4. The van der Waals surface area contributed by atoms with Crippen LogP contribution in [0.15, 0.2) is 59.9 Å². The monoisotopic (exact) mass is 404 g/mol. The second-order valence-electron chi connectivity index (χ2n) is 7.93. The van der Waals surface area contributed by atoms with Crippen LogP contribution in [0.25, 0.3) is 11.0 Å². The lowest BCUT2D eigenvalue weighted by Gasteiger charge is -2.15. The number of aromatic nitrogens is 2. The predicted octanol–water partition coefficient (Wildman–Crippen LogP) is 3.39. The SMILES string of the molecule is CN=C(NCCCn1cnc2ccccc21)NCc1ccc(CN2CCCC2)cc1. The molecule has 0 saturated carbocycles. The number of aliphatic imine (C=N–C) groups is 1. The zero-order chi connectivity index (χ0) is 20.6. The number of hydrogen-bond acceptors (Lipinski definition) is 3. The number of nitrogens with zero attached hydrogens (tertiary/aromatic N) is 4. The number of likely N-dealkylation sites (tertiary alicyclic amines) is 1. The predicted molar refractivity (Wildman–Crippen MR) is 124 cm³/mol. The molecule has 0 unspecified atom stereocenters. The van der Waals surface area contributed by atoms with Crippen LogP contribution >= 0.6 is 0 Å². The van der Waals surface area contributed by atoms with Crippen LogP contribution in [0.5, 0.6) is 0 Å². The molecule has 0 aliphatic carbocycles. The lowest BCUT2D eigenvalue weighted by atomic mass is 10.1. The van der Waals surface area contributed by atoms with Crippen LogP contribution in [0.2, 0.25) is 0 Å². The van der Waals surface area contributed by atoms with E-state index in [0.29, 0.717) is 0 Å². The third-order valence-electron chi connectivity index (χ3n) is 5.71. The topological polar surface area (TPSA) is 57.5 Å². The zero-order valence-electron chi connectivity index (χ0n) is 17.8. The fourth-order valence-electron chi connectivity index (χ4n) is 4.01. The number of benzene rings is 2. The number of guanidine groups is 1. The van der Waals surface area contributed by atoms with Crippen LogP contribution in [-0.2, 0) is 19.6 Å². The van der Waals surface area contributed by atoms with Gasteiger partial charge in [0.2, 0.25) is 0 Å². The lowest BCUT2D eigenvalue weighted by molar-refractivity contribution is 0.331. The van der Waals surface area contributed by atoms with Gasteiger partial charge in [0.1, 0.15) is 0 Å². The van der Waals surface area contributed by atoms with E-state index in [1.165, 1.54) is 42.6 Å². The van der Waals surface area contributed by atoms with E-state index in [-0.39, 0.29) is 0 Å². The van der Waals surface area contributed by atoms with Crippen molar-refractivity contribution >= 4 is 17.0 Å². The highest BCUT2D eigenvalue weighted by Gasteiger charge is 2.11. The fraction of sp³-hybridized carbons (Fsp3) is 0.417. The summed E-state index contributed by atoms with van der Waals surface area (Å²) in [5.74, 6) is 0.839. The molecule has 30 heavy (non-hydrogen) atoms. The van der Waals surface area contributed by atoms with Gasteiger partial charge in [0.15, 0.2) is 5.96 Å². The smallest absolute Gasteiger partial charge is 0.191 e. The summed E-state index contributed by atoms with van der Waals surface area (Å²) in [5, 5.41) is 6.82. The van der Waals surface area contributed by atoms with Gasteiger partial charge in [0.05, 0.1) is 17.4 Å². The van der Waals surface area contributed by atoms with Crippen LogP contribution in [0.3, 0.4) is 0 Å². The van der Waals surface area contributed by atoms with Gasteiger partial charge >= 0.3 is 0 Å². The van der Waals surface area contributed by atoms with E-state index in [1.54, 1.807) is 0 Å². The molecule has 1 aliphatic rings. The molecule has 1 fully saturated rings. The Balaban J connectivity index is 1.18. The van der Waals surface area contributed by atoms with Gasteiger partial charge in [0.25, 0.3) is 0 Å². The normalized spacial score (nSPS) is 15.0. The summed E-state index contributed by atoms with van der Waals surface area (Å²) >= 11 is 0. The first-order valence-corrected chi connectivity index (χ1v) is 11.0. The van der Waals surface area contributed by atoms with Crippen molar-refractivity contribution in [1.29, 1.82) is 0 Å². The van der Waals surface area contributed by atoms with Crippen molar-refractivity contribution in [1.82, 2.24) is 25.1 Å². The Morgan fingerprint density at radius 2 is 1.77 bits per heavy atom. The zero-order valence-corrected chi connectivity index (χ0v) is 17.8. The summed E-state index contributed by atoms with van der Waals surface area (Å²) in [4.78, 5) is 11.3. The molecule has 4 rings (SSSR count). The van der Waals surface area contributed by atoms with Crippen molar-refractivity contribution in [2.45, 2.75) is 38.9 Å². The number of hydrogen-bond donors (Lipinski definition) is 2. The molecule has 0 spiro atoms. The number of rotatable bonds is 8. The Bertz CT molecular complexity index is 953. The van der Waals surface area contributed by atoms with Gasteiger partial charge in [-0.25, -0.2) is 4.98 Å². The Kier molecular flexibility index (Phi) is 6.98. The molecule has 1 aromatic heterocycles. The average molecular weight is 405 g/mol. The summed E-state index contributed by atoms with van der Waals surface area (Å²) in [6.07, 6.45) is 5.61. The summed E-state index contributed by atoms with van der Waals surface area (Å²) < 4.78 is 2.21. The fourth-order valence-corrected chi connectivity index (χ4v) is 4.01. The minimum atomic E-state index is 0.774. The number of para-hydroxylation sites is 2.